The standard InChI is InChI=1S/C18H22N2O3/c1-23-16-6-4-14(5-7-16)15-8-11-19(12-9-15)18(22)13-20-10-2-3-17(20)21/h4-8H,2-3,9-13H2,1H3. The molecule has 1 aromatic rings. The number of hydrogen-bond acceptors (Lipinski definition) is 3. The number of nitrogens with zero attached hydrogens (tertiary/aromatic N) is 2. The molecule has 0 atom stereocenters. The van der Waals surface area contributed by atoms with Crippen molar-refractivity contribution in [2.75, 3.05) is 33.3 Å². The Kier molecular flexibility index (Phi) is 4.65. The van der Waals surface area contributed by atoms with Crippen LogP contribution in [0.2, 0.25) is 0 Å². The van der Waals surface area contributed by atoms with Gasteiger partial charge in [0.2, 0.25) is 11.8 Å². The Hall–Kier alpha value is -2.30. The summed E-state index contributed by atoms with van der Waals surface area (Å²) in [7, 11) is 1.66. The maximum atomic E-state index is 12.3. The van der Waals surface area contributed by atoms with E-state index in [9.17, 15) is 9.59 Å². The summed E-state index contributed by atoms with van der Waals surface area (Å²) in [6.45, 7) is 2.26. The molecule has 0 radical (unpaired) electrons. The molecular weight excluding hydrogens is 292 g/mol. The quantitative estimate of drug-likeness (QED) is 0.853. The molecule has 0 aromatic heterocycles. The molecule has 1 aromatic carbocycles. The van der Waals surface area contributed by atoms with Crippen LogP contribution in [-0.2, 0) is 9.59 Å². The summed E-state index contributed by atoms with van der Waals surface area (Å²) in [5.41, 5.74) is 2.43. The predicted octanol–water partition coefficient (Wildman–Crippen LogP) is 1.93. The van der Waals surface area contributed by atoms with Gasteiger partial charge in [-0.2, -0.15) is 0 Å². The maximum Gasteiger partial charge on any atom is 0.242 e. The fraction of sp³-hybridized carbons (Fsp3) is 0.444. The third kappa shape index (κ3) is 3.55. The number of amides is 2. The lowest BCUT2D eigenvalue weighted by Crippen LogP contribution is -2.42. The first-order chi connectivity index (χ1) is 11.2. The van der Waals surface area contributed by atoms with E-state index in [0.717, 1.165) is 18.6 Å². The second-order valence-electron chi connectivity index (χ2n) is 5.97. The molecular formula is C18H22N2O3. The minimum atomic E-state index is 0.0466. The molecule has 0 N–H and O–H groups in total. The fourth-order valence-electron chi connectivity index (χ4n) is 3.10. The monoisotopic (exact) mass is 314 g/mol. The van der Waals surface area contributed by atoms with Crippen LogP contribution in [0.5, 0.6) is 5.75 Å². The van der Waals surface area contributed by atoms with E-state index in [1.54, 1.807) is 12.0 Å². The first-order valence-corrected chi connectivity index (χ1v) is 8.06. The summed E-state index contributed by atoms with van der Waals surface area (Å²) >= 11 is 0. The molecule has 0 spiro atoms. The van der Waals surface area contributed by atoms with Crippen LogP contribution in [0.15, 0.2) is 30.3 Å². The summed E-state index contributed by atoms with van der Waals surface area (Å²) < 4.78 is 5.17. The van der Waals surface area contributed by atoms with Crippen molar-refractivity contribution in [3.63, 3.8) is 0 Å². The van der Waals surface area contributed by atoms with Gasteiger partial charge in [-0.05, 0) is 36.1 Å². The van der Waals surface area contributed by atoms with E-state index >= 15 is 0 Å². The van der Waals surface area contributed by atoms with Crippen LogP contribution in [-0.4, -0.2) is 54.9 Å². The van der Waals surface area contributed by atoms with Gasteiger partial charge in [-0.1, -0.05) is 18.2 Å². The molecule has 122 valence electrons. The van der Waals surface area contributed by atoms with E-state index in [-0.39, 0.29) is 18.4 Å². The average Bonchev–Trinajstić information content (AvgIpc) is 3.00. The van der Waals surface area contributed by atoms with Gasteiger partial charge in [0, 0.05) is 26.1 Å². The van der Waals surface area contributed by atoms with Gasteiger partial charge in [0.25, 0.3) is 0 Å². The van der Waals surface area contributed by atoms with Gasteiger partial charge in [0.15, 0.2) is 0 Å². The number of ether oxygens (including phenoxy) is 1. The molecule has 3 rings (SSSR count). The van der Waals surface area contributed by atoms with Crippen LogP contribution in [0.4, 0.5) is 0 Å². The SMILES string of the molecule is COc1ccc(C2=CCN(C(=O)CN3CCCC3=O)CC2)cc1. The normalized spacial score (nSPS) is 18.1. The van der Waals surface area contributed by atoms with Crippen molar-refractivity contribution in [2.24, 2.45) is 0 Å². The van der Waals surface area contributed by atoms with Crippen molar-refractivity contribution < 1.29 is 14.3 Å². The van der Waals surface area contributed by atoms with Crippen LogP contribution in [0.25, 0.3) is 5.57 Å². The summed E-state index contributed by atoms with van der Waals surface area (Å²) in [6, 6.07) is 8.00. The minimum Gasteiger partial charge on any atom is -0.497 e. The molecule has 0 aliphatic carbocycles. The van der Waals surface area contributed by atoms with E-state index in [2.05, 4.69) is 6.08 Å². The number of hydrogen-bond donors (Lipinski definition) is 0. The Morgan fingerprint density at radius 1 is 1.17 bits per heavy atom. The van der Waals surface area contributed by atoms with E-state index in [1.165, 1.54) is 11.1 Å². The minimum absolute atomic E-state index is 0.0466. The molecule has 0 unspecified atom stereocenters. The van der Waals surface area contributed by atoms with Gasteiger partial charge in [0.1, 0.15) is 5.75 Å². The molecule has 1 fully saturated rings. The Balaban J connectivity index is 1.58. The number of rotatable bonds is 4. The number of methoxy groups -OCH3 is 1. The highest BCUT2D eigenvalue weighted by Crippen LogP contribution is 2.24. The molecule has 0 bridgehead atoms. The highest BCUT2D eigenvalue weighted by atomic mass is 16.5. The number of carbonyl (C=O) groups excluding carboxylic acids is 2. The molecule has 5 nitrogen and oxygen atoms in total. The summed E-state index contributed by atoms with van der Waals surface area (Å²) in [5, 5.41) is 0. The highest BCUT2D eigenvalue weighted by Gasteiger charge is 2.25. The van der Waals surface area contributed by atoms with E-state index in [1.807, 2.05) is 29.2 Å². The van der Waals surface area contributed by atoms with Gasteiger partial charge in [-0.25, -0.2) is 0 Å². The molecule has 2 aliphatic heterocycles. The Morgan fingerprint density at radius 2 is 1.96 bits per heavy atom. The first-order valence-electron chi connectivity index (χ1n) is 8.06. The zero-order valence-corrected chi connectivity index (χ0v) is 13.5. The number of likely N-dealkylation sites (tertiary alicyclic amines) is 1. The van der Waals surface area contributed by atoms with E-state index in [0.29, 0.717) is 26.1 Å². The summed E-state index contributed by atoms with van der Waals surface area (Å²) in [4.78, 5) is 27.4. The van der Waals surface area contributed by atoms with Crippen LogP contribution < -0.4 is 4.74 Å². The third-order valence-corrected chi connectivity index (χ3v) is 4.52. The Bertz CT molecular complexity index is 622. The molecule has 23 heavy (non-hydrogen) atoms. The molecule has 2 amide bonds. The lowest BCUT2D eigenvalue weighted by molar-refractivity contribution is -0.138. The van der Waals surface area contributed by atoms with Crippen molar-refractivity contribution in [3.8, 4) is 5.75 Å². The van der Waals surface area contributed by atoms with Crippen molar-refractivity contribution in [2.45, 2.75) is 19.3 Å². The topological polar surface area (TPSA) is 49.9 Å². The van der Waals surface area contributed by atoms with Crippen LogP contribution in [0.3, 0.4) is 0 Å². The molecule has 0 saturated carbocycles. The highest BCUT2D eigenvalue weighted by molar-refractivity contribution is 5.86. The van der Waals surface area contributed by atoms with Crippen molar-refractivity contribution in [1.29, 1.82) is 0 Å². The lowest BCUT2D eigenvalue weighted by Gasteiger charge is -2.28. The molecule has 1 saturated heterocycles. The zero-order chi connectivity index (χ0) is 16.2. The van der Waals surface area contributed by atoms with Gasteiger partial charge in [-0.3, -0.25) is 9.59 Å². The van der Waals surface area contributed by atoms with E-state index < -0.39 is 0 Å². The summed E-state index contributed by atoms with van der Waals surface area (Å²) in [6.07, 6.45) is 4.39. The van der Waals surface area contributed by atoms with Crippen LogP contribution >= 0.6 is 0 Å². The van der Waals surface area contributed by atoms with Gasteiger partial charge in [-0.15, -0.1) is 0 Å². The van der Waals surface area contributed by atoms with Gasteiger partial charge < -0.3 is 14.5 Å². The first kappa shape index (κ1) is 15.6. The maximum absolute atomic E-state index is 12.3. The lowest BCUT2D eigenvalue weighted by atomic mass is 9.99. The Labute approximate surface area is 136 Å². The van der Waals surface area contributed by atoms with Crippen molar-refractivity contribution >= 4 is 17.4 Å². The zero-order valence-electron chi connectivity index (χ0n) is 13.5. The second-order valence-corrected chi connectivity index (χ2v) is 5.97. The largest absolute Gasteiger partial charge is 0.497 e. The van der Waals surface area contributed by atoms with Crippen LogP contribution in [0.1, 0.15) is 24.8 Å². The van der Waals surface area contributed by atoms with Crippen LogP contribution in [0, 0.1) is 0 Å². The summed E-state index contributed by atoms with van der Waals surface area (Å²) in [5.74, 6) is 0.993. The Morgan fingerprint density at radius 3 is 2.52 bits per heavy atom. The predicted molar refractivity (Wildman–Crippen MR) is 88.0 cm³/mol. The van der Waals surface area contributed by atoms with Crippen molar-refractivity contribution in [1.82, 2.24) is 9.80 Å². The third-order valence-electron chi connectivity index (χ3n) is 4.52. The van der Waals surface area contributed by atoms with Gasteiger partial charge in [0.05, 0.1) is 13.7 Å². The van der Waals surface area contributed by atoms with Gasteiger partial charge >= 0.3 is 0 Å². The number of carbonyl (C=O) groups is 2. The smallest absolute Gasteiger partial charge is 0.242 e. The average molecular weight is 314 g/mol. The van der Waals surface area contributed by atoms with Crippen molar-refractivity contribution in [3.05, 3.63) is 35.9 Å². The van der Waals surface area contributed by atoms with E-state index in [4.69, 9.17) is 4.74 Å². The molecule has 5 heteroatoms. The molecule has 2 heterocycles. The fourth-order valence-corrected chi connectivity index (χ4v) is 3.10. The molecule has 2 aliphatic rings. The number of benzene rings is 1. The second kappa shape index (κ2) is 6.86.